The third kappa shape index (κ3) is 3.19. The van der Waals surface area contributed by atoms with E-state index in [9.17, 15) is 13.2 Å². The molecule has 0 saturated carbocycles. The van der Waals surface area contributed by atoms with E-state index in [2.05, 4.69) is 5.32 Å². The zero-order valence-electron chi connectivity index (χ0n) is 6.82. The number of alkyl halides is 3. The number of hydrogen-bond donors (Lipinski definition) is 1. The molecule has 2 atom stereocenters. The van der Waals surface area contributed by atoms with Crippen LogP contribution in [-0.2, 0) is 0 Å². The van der Waals surface area contributed by atoms with Crippen LogP contribution < -0.4 is 5.32 Å². The van der Waals surface area contributed by atoms with Crippen molar-refractivity contribution in [2.24, 2.45) is 5.92 Å². The van der Waals surface area contributed by atoms with E-state index in [0.29, 0.717) is 6.54 Å². The Kier molecular flexibility index (Phi) is 4.34. The second-order valence-electron chi connectivity index (χ2n) is 3.12. The highest BCUT2D eigenvalue weighted by Crippen LogP contribution is 2.33. The second-order valence-corrected chi connectivity index (χ2v) is 3.12. The molecule has 1 N–H and O–H groups in total. The molecule has 2 unspecified atom stereocenters. The first kappa shape index (κ1) is 12.0. The van der Waals surface area contributed by atoms with Crippen LogP contribution in [0.1, 0.15) is 19.8 Å². The van der Waals surface area contributed by atoms with E-state index < -0.39 is 12.1 Å². The minimum Gasteiger partial charge on any atom is -0.314 e. The molecule has 0 aromatic rings. The van der Waals surface area contributed by atoms with E-state index in [1.54, 1.807) is 6.92 Å². The smallest absolute Gasteiger partial charge is 0.314 e. The van der Waals surface area contributed by atoms with Crippen molar-refractivity contribution in [1.29, 1.82) is 0 Å². The summed E-state index contributed by atoms with van der Waals surface area (Å²) in [6.07, 6.45) is -3.53. The van der Waals surface area contributed by atoms with E-state index in [1.165, 1.54) is 0 Å². The molecule has 1 rings (SSSR count). The predicted octanol–water partition coefficient (Wildman–Crippen LogP) is 2.36. The fourth-order valence-corrected chi connectivity index (χ4v) is 1.43. The molecule has 1 aliphatic heterocycles. The monoisotopic (exact) mass is 203 g/mol. The Balaban J connectivity index is 0.00000121. The van der Waals surface area contributed by atoms with Crippen LogP contribution >= 0.6 is 12.4 Å². The lowest BCUT2D eigenvalue weighted by atomic mass is 9.93. The van der Waals surface area contributed by atoms with Gasteiger partial charge in [0.1, 0.15) is 0 Å². The van der Waals surface area contributed by atoms with E-state index in [1.807, 2.05) is 0 Å². The van der Waals surface area contributed by atoms with Gasteiger partial charge in [0, 0.05) is 6.04 Å². The SMILES string of the molecule is CC1CC(C(F)(F)F)CCN1.Cl. The molecule has 12 heavy (non-hydrogen) atoms. The van der Waals surface area contributed by atoms with Gasteiger partial charge in [0.25, 0.3) is 0 Å². The van der Waals surface area contributed by atoms with Crippen LogP contribution in [0.25, 0.3) is 0 Å². The summed E-state index contributed by atoms with van der Waals surface area (Å²) in [6.45, 7) is 2.28. The lowest BCUT2D eigenvalue weighted by Gasteiger charge is -2.29. The first-order valence-electron chi connectivity index (χ1n) is 3.80. The minimum absolute atomic E-state index is 0. The Labute approximate surface area is 76.1 Å². The molecular formula is C7H13ClF3N. The van der Waals surface area contributed by atoms with Crippen LogP contribution in [-0.4, -0.2) is 18.8 Å². The summed E-state index contributed by atoms with van der Waals surface area (Å²) in [5, 5.41) is 2.98. The molecule has 1 aliphatic rings. The number of piperidine rings is 1. The Morgan fingerprint density at radius 2 is 1.92 bits per heavy atom. The van der Waals surface area contributed by atoms with Crippen LogP contribution in [0.5, 0.6) is 0 Å². The van der Waals surface area contributed by atoms with Crippen LogP contribution in [0, 0.1) is 5.92 Å². The molecular weight excluding hydrogens is 191 g/mol. The number of hydrogen-bond acceptors (Lipinski definition) is 1. The van der Waals surface area contributed by atoms with Crippen molar-refractivity contribution in [3.8, 4) is 0 Å². The zero-order valence-corrected chi connectivity index (χ0v) is 7.63. The Morgan fingerprint density at radius 1 is 1.33 bits per heavy atom. The van der Waals surface area contributed by atoms with Gasteiger partial charge in [-0.25, -0.2) is 0 Å². The highest BCUT2D eigenvalue weighted by molar-refractivity contribution is 5.85. The second kappa shape index (κ2) is 4.33. The standard InChI is InChI=1S/C7H12F3N.ClH/c1-5-4-6(2-3-11-5)7(8,9)10;/h5-6,11H,2-4H2,1H3;1H. The highest BCUT2D eigenvalue weighted by atomic mass is 35.5. The normalized spacial score (nSPS) is 31.0. The molecule has 0 bridgehead atoms. The number of nitrogens with one attached hydrogen (secondary N) is 1. The molecule has 0 aromatic heterocycles. The van der Waals surface area contributed by atoms with Gasteiger partial charge in [-0.05, 0) is 26.3 Å². The van der Waals surface area contributed by atoms with Crippen molar-refractivity contribution >= 4 is 12.4 Å². The van der Waals surface area contributed by atoms with E-state index >= 15 is 0 Å². The fourth-order valence-electron chi connectivity index (χ4n) is 1.43. The van der Waals surface area contributed by atoms with Crippen molar-refractivity contribution in [3.63, 3.8) is 0 Å². The molecule has 74 valence electrons. The van der Waals surface area contributed by atoms with Crippen molar-refractivity contribution in [2.45, 2.75) is 32.0 Å². The Bertz CT molecular complexity index is 137. The summed E-state index contributed by atoms with van der Waals surface area (Å²) < 4.78 is 36.3. The number of halogens is 4. The van der Waals surface area contributed by atoms with Crippen LogP contribution in [0.3, 0.4) is 0 Å². The highest BCUT2D eigenvalue weighted by Gasteiger charge is 2.41. The van der Waals surface area contributed by atoms with Crippen LogP contribution in [0.15, 0.2) is 0 Å². The number of rotatable bonds is 0. The van der Waals surface area contributed by atoms with Crippen molar-refractivity contribution in [1.82, 2.24) is 5.32 Å². The summed E-state index contributed by atoms with van der Waals surface area (Å²) in [4.78, 5) is 0. The van der Waals surface area contributed by atoms with Gasteiger partial charge in [-0.15, -0.1) is 12.4 Å². The Morgan fingerprint density at radius 3 is 2.25 bits per heavy atom. The summed E-state index contributed by atoms with van der Waals surface area (Å²) in [5.74, 6) is -1.08. The average Bonchev–Trinajstić information content (AvgIpc) is 1.86. The fraction of sp³-hybridized carbons (Fsp3) is 1.00. The topological polar surface area (TPSA) is 12.0 Å². The Hall–Kier alpha value is 0.0400. The summed E-state index contributed by atoms with van der Waals surface area (Å²) >= 11 is 0. The molecule has 0 radical (unpaired) electrons. The van der Waals surface area contributed by atoms with Crippen molar-refractivity contribution < 1.29 is 13.2 Å². The predicted molar refractivity (Wildman–Crippen MR) is 43.5 cm³/mol. The maximum absolute atomic E-state index is 12.1. The molecule has 1 nitrogen and oxygen atoms in total. The lowest BCUT2D eigenvalue weighted by Crippen LogP contribution is -2.41. The average molecular weight is 204 g/mol. The maximum atomic E-state index is 12.1. The van der Waals surface area contributed by atoms with Gasteiger partial charge in [-0.3, -0.25) is 0 Å². The summed E-state index contributed by atoms with van der Waals surface area (Å²) in [6, 6.07) is 0.00961. The zero-order chi connectivity index (χ0) is 8.48. The summed E-state index contributed by atoms with van der Waals surface area (Å²) in [5.41, 5.74) is 0. The summed E-state index contributed by atoms with van der Waals surface area (Å²) in [7, 11) is 0. The van der Waals surface area contributed by atoms with E-state index in [4.69, 9.17) is 0 Å². The molecule has 0 amide bonds. The van der Waals surface area contributed by atoms with E-state index in [0.717, 1.165) is 0 Å². The third-order valence-electron chi connectivity index (χ3n) is 2.09. The first-order chi connectivity index (χ1) is 5.00. The van der Waals surface area contributed by atoms with Crippen LogP contribution in [0.4, 0.5) is 13.2 Å². The molecule has 0 aliphatic carbocycles. The van der Waals surface area contributed by atoms with Crippen molar-refractivity contribution in [2.75, 3.05) is 6.54 Å². The molecule has 5 heteroatoms. The molecule has 0 spiro atoms. The molecule has 1 fully saturated rings. The van der Waals surface area contributed by atoms with Crippen molar-refractivity contribution in [3.05, 3.63) is 0 Å². The van der Waals surface area contributed by atoms with Gasteiger partial charge in [-0.2, -0.15) is 13.2 Å². The van der Waals surface area contributed by atoms with Gasteiger partial charge in [0.2, 0.25) is 0 Å². The molecule has 0 aromatic carbocycles. The van der Waals surface area contributed by atoms with Crippen LogP contribution in [0.2, 0.25) is 0 Å². The first-order valence-corrected chi connectivity index (χ1v) is 3.80. The van der Waals surface area contributed by atoms with Gasteiger partial charge in [0.05, 0.1) is 5.92 Å². The van der Waals surface area contributed by atoms with E-state index in [-0.39, 0.29) is 31.3 Å². The lowest BCUT2D eigenvalue weighted by molar-refractivity contribution is -0.182. The minimum atomic E-state index is -3.99. The molecule has 1 saturated heterocycles. The van der Waals surface area contributed by atoms with Gasteiger partial charge < -0.3 is 5.32 Å². The van der Waals surface area contributed by atoms with Gasteiger partial charge in [0.15, 0.2) is 0 Å². The largest absolute Gasteiger partial charge is 0.391 e. The molecule has 1 heterocycles. The third-order valence-corrected chi connectivity index (χ3v) is 2.09. The maximum Gasteiger partial charge on any atom is 0.391 e. The quantitative estimate of drug-likeness (QED) is 0.638. The van der Waals surface area contributed by atoms with Gasteiger partial charge >= 0.3 is 6.18 Å². The van der Waals surface area contributed by atoms with Gasteiger partial charge in [-0.1, -0.05) is 0 Å².